The van der Waals surface area contributed by atoms with E-state index in [-0.39, 0.29) is 24.2 Å². The summed E-state index contributed by atoms with van der Waals surface area (Å²) in [6.07, 6.45) is 2.33. The Bertz CT molecular complexity index is 829. The maximum absolute atomic E-state index is 13.2. The molecule has 1 atom stereocenters. The van der Waals surface area contributed by atoms with Gasteiger partial charge in [-0.25, -0.2) is 4.39 Å². The zero-order chi connectivity index (χ0) is 20.1. The first-order valence-electron chi connectivity index (χ1n) is 9.33. The van der Waals surface area contributed by atoms with Crippen molar-refractivity contribution in [3.63, 3.8) is 0 Å². The van der Waals surface area contributed by atoms with Crippen molar-refractivity contribution in [2.75, 3.05) is 7.11 Å². The van der Waals surface area contributed by atoms with Gasteiger partial charge in [0.25, 0.3) is 0 Å². The largest absolute Gasteiger partial charge is 0.497 e. The highest BCUT2D eigenvalue weighted by molar-refractivity contribution is 5.85. The molecule has 1 fully saturated rings. The van der Waals surface area contributed by atoms with Crippen LogP contribution in [0.5, 0.6) is 5.75 Å². The molecule has 2 N–H and O–H groups in total. The summed E-state index contributed by atoms with van der Waals surface area (Å²) in [6.45, 7) is 0. The third kappa shape index (κ3) is 4.50. The fourth-order valence-electron chi connectivity index (χ4n) is 3.57. The highest BCUT2D eigenvalue weighted by Crippen LogP contribution is 2.44. The molecule has 6 heteroatoms. The molecule has 0 spiro atoms. The van der Waals surface area contributed by atoms with Gasteiger partial charge in [0.2, 0.25) is 5.91 Å². The molecule has 0 radical (unpaired) electrons. The third-order valence-corrected chi connectivity index (χ3v) is 5.47. The molecule has 0 aromatic heterocycles. The lowest BCUT2D eigenvalue weighted by Gasteiger charge is -2.37. The van der Waals surface area contributed by atoms with Crippen molar-refractivity contribution >= 4 is 11.9 Å². The molecular formula is C22H24FNO4. The number of nitrogens with one attached hydrogen (secondary N) is 1. The van der Waals surface area contributed by atoms with E-state index in [0.717, 1.165) is 17.5 Å². The van der Waals surface area contributed by atoms with Crippen molar-refractivity contribution in [2.24, 2.45) is 5.41 Å². The van der Waals surface area contributed by atoms with Gasteiger partial charge in [0.05, 0.1) is 18.6 Å². The Morgan fingerprint density at radius 1 is 1.14 bits per heavy atom. The zero-order valence-electron chi connectivity index (χ0n) is 15.8. The van der Waals surface area contributed by atoms with Gasteiger partial charge < -0.3 is 15.2 Å². The van der Waals surface area contributed by atoms with Crippen LogP contribution in [0.3, 0.4) is 0 Å². The molecule has 28 heavy (non-hydrogen) atoms. The molecule has 1 aliphatic rings. The molecule has 1 aliphatic carbocycles. The van der Waals surface area contributed by atoms with Gasteiger partial charge in [-0.15, -0.1) is 0 Å². The van der Waals surface area contributed by atoms with Crippen LogP contribution < -0.4 is 10.1 Å². The van der Waals surface area contributed by atoms with E-state index in [4.69, 9.17) is 4.74 Å². The molecule has 0 bridgehead atoms. The molecule has 0 saturated heterocycles. The van der Waals surface area contributed by atoms with Gasteiger partial charge in [0.1, 0.15) is 11.6 Å². The van der Waals surface area contributed by atoms with Gasteiger partial charge in [-0.3, -0.25) is 9.59 Å². The molecule has 148 valence electrons. The van der Waals surface area contributed by atoms with E-state index in [0.29, 0.717) is 25.0 Å². The Balaban J connectivity index is 1.77. The van der Waals surface area contributed by atoms with Crippen LogP contribution in [0, 0.1) is 11.2 Å². The summed E-state index contributed by atoms with van der Waals surface area (Å²) in [5.41, 5.74) is 0.806. The van der Waals surface area contributed by atoms with Gasteiger partial charge in [0.15, 0.2) is 0 Å². The van der Waals surface area contributed by atoms with Gasteiger partial charge in [-0.05, 0) is 54.7 Å². The van der Waals surface area contributed by atoms with Gasteiger partial charge in [-0.1, -0.05) is 30.7 Å². The highest BCUT2D eigenvalue weighted by Gasteiger charge is 2.46. The van der Waals surface area contributed by atoms with E-state index < -0.39 is 11.4 Å². The van der Waals surface area contributed by atoms with Gasteiger partial charge >= 0.3 is 5.97 Å². The number of ether oxygens (including phenoxy) is 1. The van der Waals surface area contributed by atoms with Crippen molar-refractivity contribution in [1.29, 1.82) is 0 Å². The Morgan fingerprint density at radius 2 is 1.79 bits per heavy atom. The van der Waals surface area contributed by atoms with Crippen molar-refractivity contribution in [1.82, 2.24) is 5.32 Å². The van der Waals surface area contributed by atoms with Crippen molar-refractivity contribution in [3.8, 4) is 5.75 Å². The lowest BCUT2D eigenvalue weighted by Crippen LogP contribution is -2.43. The van der Waals surface area contributed by atoms with E-state index in [1.165, 1.54) is 12.1 Å². The molecule has 0 heterocycles. The Hall–Kier alpha value is -2.89. The number of hydrogen-bond acceptors (Lipinski definition) is 3. The number of benzene rings is 2. The third-order valence-electron chi connectivity index (χ3n) is 5.47. The molecule has 2 aromatic carbocycles. The summed E-state index contributed by atoms with van der Waals surface area (Å²) < 4.78 is 18.4. The zero-order valence-corrected chi connectivity index (χ0v) is 15.8. The fraction of sp³-hybridized carbons (Fsp3) is 0.364. The van der Waals surface area contributed by atoms with Gasteiger partial charge in [0, 0.05) is 6.42 Å². The van der Waals surface area contributed by atoms with Gasteiger partial charge in [-0.2, -0.15) is 0 Å². The topological polar surface area (TPSA) is 75.6 Å². The van der Waals surface area contributed by atoms with Crippen molar-refractivity contribution < 1.29 is 23.8 Å². The van der Waals surface area contributed by atoms with Crippen LogP contribution in [0.4, 0.5) is 4.39 Å². The summed E-state index contributed by atoms with van der Waals surface area (Å²) in [4.78, 5) is 24.2. The highest BCUT2D eigenvalue weighted by atomic mass is 19.1. The van der Waals surface area contributed by atoms with Crippen LogP contribution in [0.15, 0.2) is 48.5 Å². The standard InChI is InChI=1S/C22H24FNO4/c1-28-18-9-5-16(6-10-18)19(13-15-3-7-17(23)8-4-15)24-20(25)14-22(21(26)27)11-2-12-22/h3-10,19H,2,11-14H2,1H3,(H,24,25)(H,26,27). The number of methoxy groups -OCH3 is 1. The predicted octanol–water partition coefficient (Wildman–Crippen LogP) is 3.88. The Labute approximate surface area is 163 Å². The number of rotatable bonds is 8. The van der Waals surface area contributed by atoms with Crippen LogP contribution in [-0.2, 0) is 16.0 Å². The van der Waals surface area contributed by atoms with E-state index in [1.54, 1.807) is 19.2 Å². The quantitative estimate of drug-likeness (QED) is 0.723. The molecule has 2 aromatic rings. The lowest BCUT2D eigenvalue weighted by atomic mass is 9.66. The second-order valence-electron chi connectivity index (χ2n) is 7.34. The smallest absolute Gasteiger partial charge is 0.310 e. The maximum atomic E-state index is 13.2. The summed E-state index contributed by atoms with van der Waals surface area (Å²) in [7, 11) is 1.58. The number of carbonyl (C=O) groups is 2. The normalized spacial score (nSPS) is 15.9. The summed E-state index contributed by atoms with van der Waals surface area (Å²) >= 11 is 0. The van der Waals surface area contributed by atoms with E-state index >= 15 is 0 Å². The summed E-state index contributed by atoms with van der Waals surface area (Å²) in [5.74, 6) is -0.810. The number of carboxylic acids is 1. The van der Waals surface area contributed by atoms with Crippen molar-refractivity contribution in [2.45, 2.75) is 38.1 Å². The first-order chi connectivity index (χ1) is 13.4. The fourth-order valence-corrected chi connectivity index (χ4v) is 3.57. The number of amides is 1. The number of halogens is 1. The average molecular weight is 385 g/mol. The van der Waals surface area contributed by atoms with E-state index in [9.17, 15) is 19.1 Å². The first kappa shape index (κ1) is 19.9. The van der Waals surface area contributed by atoms with Crippen LogP contribution in [0.2, 0.25) is 0 Å². The molecule has 0 aliphatic heterocycles. The molecule has 3 rings (SSSR count). The Morgan fingerprint density at radius 3 is 2.29 bits per heavy atom. The molecule has 1 unspecified atom stereocenters. The number of carbonyl (C=O) groups excluding carboxylic acids is 1. The Kier molecular flexibility index (Phi) is 5.97. The van der Waals surface area contributed by atoms with E-state index in [2.05, 4.69) is 5.32 Å². The van der Waals surface area contributed by atoms with E-state index in [1.807, 2.05) is 24.3 Å². The number of carboxylic acid groups (broad SMARTS) is 1. The van der Waals surface area contributed by atoms with Crippen LogP contribution in [-0.4, -0.2) is 24.1 Å². The minimum atomic E-state index is -0.940. The minimum absolute atomic E-state index is 0.0294. The monoisotopic (exact) mass is 385 g/mol. The maximum Gasteiger partial charge on any atom is 0.310 e. The van der Waals surface area contributed by atoms with Crippen LogP contribution >= 0.6 is 0 Å². The SMILES string of the molecule is COc1ccc(C(Cc2ccc(F)cc2)NC(=O)CC2(C(=O)O)CCC2)cc1. The molecule has 1 amide bonds. The summed E-state index contributed by atoms with van der Waals surface area (Å²) in [6, 6.07) is 13.1. The molecule has 5 nitrogen and oxygen atoms in total. The average Bonchev–Trinajstić information content (AvgIpc) is 2.65. The number of aliphatic carboxylic acids is 1. The van der Waals surface area contributed by atoms with Crippen LogP contribution in [0.1, 0.15) is 42.9 Å². The summed E-state index contributed by atoms with van der Waals surface area (Å²) in [5, 5.41) is 12.4. The molecular weight excluding hydrogens is 361 g/mol. The first-order valence-corrected chi connectivity index (χ1v) is 9.33. The predicted molar refractivity (Wildman–Crippen MR) is 103 cm³/mol. The van der Waals surface area contributed by atoms with Crippen molar-refractivity contribution in [3.05, 3.63) is 65.5 Å². The van der Waals surface area contributed by atoms with Crippen LogP contribution in [0.25, 0.3) is 0 Å². The number of hydrogen-bond donors (Lipinski definition) is 2. The second-order valence-corrected chi connectivity index (χ2v) is 7.34. The minimum Gasteiger partial charge on any atom is -0.497 e. The lowest BCUT2D eigenvalue weighted by molar-refractivity contribution is -0.157. The molecule has 1 saturated carbocycles. The second kappa shape index (κ2) is 8.42.